The first-order chi connectivity index (χ1) is 8.04. The van der Waals surface area contributed by atoms with Gasteiger partial charge in [0.05, 0.1) is 6.61 Å². The Kier molecular flexibility index (Phi) is 5.10. The van der Waals surface area contributed by atoms with Crippen molar-refractivity contribution in [3.63, 3.8) is 0 Å². The first kappa shape index (κ1) is 13.6. The van der Waals surface area contributed by atoms with E-state index >= 15 is 0 Å². The molecule has 3 nitrogen and oxygen atoms in total. The standard InChI is InChI=1S/C13H18FNO2/c1-4-17-13(16)10(3)15-9(2)11-6-5-7-12(14)8-11/h5-10,15H,4H2,1-3H3. The molecule has 2 unspecified atom stereocenters. The normalized spacial score (nSPS) is 14.1. The van der Waals surface area contributed by atoms with E-state index in [2.05, 4.69) is 5.32 Å². The highest BCUT2D eigenvalue weighted by molar-refractivity contribution is 5.75. The van der Waals surface area contributed by atoms with E-state index in [1.54, 1.807) is 19.9 Å². The second kappa shape index (κ2) is 6.35. The predicted octanol–water partition coefficient (Wildman–Crippen LogP) is 2.43. The van der Waals surface area contributed by atoms with Crippen molar-refractivity contribution in [1.82, 2.24) is 5.32 Å². The predicted molar refractivity (Wildman–Crippen MR) is 64.0 cm³/mol. The highest BCUT2D eigenvalue weighted by Gasteiger charge is 2.17. The summed E-state index contributed by atoms with van der Waals surface area (Å²) < 4.78 is 17.9. The summed E-state index contributed by atoms with van der Waals surface area (Å²) >= 11 is 0. The van der Waals surface area contributed by atoms with Crippen LogP contribution in [0.15, 0.2) is 24.3 Å². The number of nitrogens with one attached hydrogen (secondary N) is 1. The number of carbonyl (C=O) groups is 1. The first-order valence-electron chi connectivity index (χ1n) is 5.72. The number of hydrogen-bond donors (Lipinski definition) is 1. The van der Waals surface area contributed by atoms with Crippen LogP contribution >= 0.6 is 0 Å². The number of rotatable bonds is 5. The second-order valence-electron chi connectivity index (χ2n) is 3.92. The Morgan fingerprint density at radius 2 is 2.18 bits per heavy atom. The van der Waals surface area contributed by atoms with Crippen LogP contribution < -0.4 is 5.32 Å². The quantitative estimate of drug-likeness (QED) is 0.802. The Bertz CT molecular complexity index is 381. The third-order valence-corrected chi connectivity index (χ3v) is 2.49. The molecule has 0 aromatic heterocycles. The maximum Gasteiger partial charge on any atom is 0.322 e. The third-order valence-electron chi connectivity index (χ3n) is 2.49. The Morgan fingerprint density at radius 1 is 1.47 bits per heavy atom. The maximum atomic E-state index is 13.0. The zero-order valence-corrected chi connectivity index (χ0v) is 10.4. The molecule has 0 radical (unpaired) electrons. The van der Waals surface area contributed by atoms with Crippen LogP contribution in [0.2, 0.25) is 0 Å². The summed E-state index contributed by atoms with van der Waals surface area (Å²) in [5.41, 5.74) is 0.807. The summed E-state index contributed by atoms with van der Waals surface area (Å²) in [6, 6.07) is 5.80. The minimum absolute atomic E-state index is 0.106. The Morgan fingerprint density at radius 3 is 2.76 bits per heavy atom. The molecule has 1 N–H and O–H groups in total. The molecule has 0 saturated heterocycles. The largest absolute Gasteiger partial charge is 0.465 e. The fourth-order valence-corrected chi connectivity index (χ4v) is 1.58. The van der Waals surface area contributed by atoms with Crippen molar-refractivity contribution in [1.29, 1.82) is 0 Å². The molecule has 17 heavy (non-hydrogen) atoms. The average Bonchev–Trinajstić information content (AvgIpc) is 2.29. The van der Waals surface area contributed by atoms with E-state index in [0.29, 0.717) is 6.61 Å². The number of halogens is 1. The molecular formula is C13H18FNO2. The Labute approximate surface area is 101 Å². The second-order valence-corrected chi connectivity index (χ2v) is 3.92. The molecular weight excluding hydrogens is 221 g/mol. The highest BCUT2D eigenvalue weighted by Crippen LogP contribution is 2.14. The zero-order valence-electron chi connectivity index (χ0n) is 10.4. The molecule has 0 fully saturated rings. The Hall–Kier alpha value is -1.42. The summed E-state index contributed by atoms with van der Waals surface area (Å²) in [6.07, 6.45) is 0. The van der Waals surface area contributed by atoms with E-state index in [0.717, 1.165) is 5.56 Å². The number of hydrogen-bond acceptors (Lipinski definition) is 3. The molecule has 1 aromatic rings. The highest BCUT2D eigenvalue weighted by atomic mass is 19.1. The van der Waals surface area contributed by atoms with Gasteiger partial charge in [0.2, 0.25) is 0 Å². The summed E-state index contributed by atoms with van der Waals surface area (Å²) in [6.45, 7) is 5.73. The van der Waals surface area contributed by atoms with E-state index in [4.69, 9.17) is 4.74 Å². The molecule has 0 heterocycles. The van der Waals surface area contributed by atoms with Crippen LogP contribution in [0.25, 0.3) is 0 Å². The van der Waals surface area contributed by atoms with Gasteiger partial charge >= 0.3 is 5.97 Å². The van der Waals surface area contributed by atoms with Crippen molar-refractivity contribution < 1.29 is 13.9 Å². The molecule has 2 atom stereocenters. The van der Waals surface area contributed by atoms with E-state index in [9.17, 15) is 9.18 Å². The van der Waals surface area contributed by atoms with Gasteiger partial charge in [-0.1, -0.05) is 12.1 Å². The van der Waals surface area contributed by atoms with Gasteiger partial charge in [0.25, 0.3) is 0 Å². The van der Waals surface area contributed by atoms with Crippen LogP contribution in [0.5, 0.6) is 0 Å². The molecule has 0 aliphatic carbocycles. The summed E-state index contributed by atoms with van der Waals surface area (Å²) in [5, 5.41) is 3.07. The average molecular weight is 239 g/mol. The van der Waals surface area contributed by atoms with Gasteiger partial charge in [0.1, 0.15) is 11.9 Å². The topological polar surface area (TPSA) is 38.3 Å². The summed E-state index contributed by atoms with van der Waals surface area (Å²) in [5.74, 6) is -0.573. The van der Waals surface area contributed by atoms with Gasteiger partial charge in [-0.2, -0.15) is 0 Å². The molecule has 1 rings (SSSR count). The monoisotopic (exact) mass is 239 g/mol. The minimum atomic E-state index is -0.409. The first-order valence-corrected chi connectivity index (χ1v) is 5.72. The smallest absolute Gasteiger partial charge is 0.322 e. The summed E-state index contributed by atoms with van der Waals surface area (Å²) in [7, 11) is 0. The van der Waals surface area contributed by atoms with Gasteiger partial charge in [0, 0.05) is 6.04 Å². The lowest BCUT2D eigenvalue weighted by Gasteiger charge is -2.19. The molecule has 4 heteroatoms. The van der Waals surface area contributed by atoms with Crippen molar-refractivity contribution in [2.24, 2.45) is 0 Å². The maximum absolute atomic E-state index is 13.0. The van der Waals surface area contributed by atoms with Crippen LogP contribution in [-0.2, 0) is 9.53 Å². The van der Waals surface area contributed by atoms with Crippen LogP contribution in [0.4, 0.5) is 4.39 Å². The molecule has 1 aromatic carbocycles. The van der Waals surface area contributed by atoms with Crippen LogP contribution in [0.1, 0.15) is 32.4 Å². The van der Waals surface area contributed by atoms with Gasteiger partial charge in [-0.15, -0.1) is 0 Å². The lowest BCUT2D eigenvalue weighted by atomic mass is 10.1. The van der Waals surface area contributed by atoms with Crippen LogP contribution in [-0.4, -0.2) is 18.6 Å². The van der Waals surface area contributed by atoms with Crippen molar-refractivity contribution in [2.75, 3.05) is 6.61 Å². The van der Waals surface area contributed by atoms with Crippen LogP contribution in [0.3, 0.4) is 0 Å². The van der Waals surface area contributed by atoms with E-state index in [-0.39, 0.29) is 17.8 Å². The third kappa shape index (κ3) is 4.15. The van der Waals surface area contributed by atoms with Crippen LogP contribution in [0, 0.1) is 5.82 Å². The minimum Gasteiger partial charge on any atom is -0.465 e. The number of benzene rings is 1. The van der Waals surface area contributed by atoms with Crippen molar-refractivity contribution in [2.45, 2.75) is 32.9 Å². The SMILES string of the molecule is CCOC(=O)C(C)NC(C)c1cccc(F)c1. The molecule has 0 bridgehead atoms. The van der Waals surface area contributed by atoms with Crippen molar-refractivity contribution in [3.8, 4) is 0 Å². The van der Waals surface area contributed by atoms with Gasteiger partial charge in [-0.05, 0) is 38.5 Å². The number of ether oxygens (including phenoxy) is 1. The van der Waals surface area contributed by atoms with Gasteiger partial charge in [-0.3, -0.25) is 10.1 Å². The lowest BCUT2D eigenvalue weighted by molar-refractivity contribution is -0.145. The molecule has 94 valence electrons. The zero-order chi connectivity index (χ0) is 12.8. The molecule has 0 saturated carbocycles. The van der Waals surface area contributed by atoms with Gasteiger partial charge in [-0.25, -0.2) is 4.39 Å². The van der Waals surface area contributed by atoms with Gasteiger partial charge < -0.3 is 4.74 Å². The molecule has 0 aliphatic rings. The van der Waals surface area contributed by atoms with Gasteiger partial charge in [0.15, 0.2) is 0 Å². The lowest BCUT2D eigenvalue weighted by Crippen LogP contribution is -2.37. The van der Waals surface area contributed by atoms with Crippen molar-refractivity contribution in [3.05, 3.63) is 35.6 Å². The fraction of sp³-hybridized carbons (Fsp3) is 0.462. The number of esters is 1. The number of carbonyl (C=O) groups excluding carboxylic acids is 1. The molecule has 0 aliphatic heterocycles. The molecule has 0 amide bonds. The van der Waals surface area contributed by atoms with Crippen molar-refractivity contribution >= 4 is 5.97 Å². The molecule has 0 spiro atoms. The van der Waals surface area contributed by atoms with E-state index in [1.165, 1.54) is 12.1 Å². The Balaban J connectivity index is 2.60. The van der Waals surface area contributed by atoms with E-state index in [1.807, 2.05) is 13.0 Å². The summed E-state index contributed by atoms with van der Waals surface area (Å²) in [4.78, 5) is 11.4. The fourth-order valence-electron chi connectivity index (χ4n) is 1.58. The van der Waals surface area contributed by atoms with E-state index < -0.39 is 6.04 Å².